The molecule has 10 heteroatoms. The molecule has 10 nitrogen and oxygen atoms in total. The summed E-state index contributed by atoms with van der Waals surface area (Å²) < 4.78 is 33.4. The standard InChI is InChI=1S/C15H26O5.C15H24O5/c2*1-3-4-11-5-7-13-15(10-16,20-11)9-12(19-13)6-8-14(17)18-2/h11-13,16H,3-10H2,1-2H3;6,8,11-13,16H,3-5,7,9-10H2,1-2H3/b;8-6+/t2*11-,12-,13-,15+/m00/s1. The van der Waals surface area contributed by atoms with Gasteiger partial charge in [-0.05, 0) is 51.0 Å². The maximum absolute atomic E-state index is 11.2. The summed E-state index contributed by atoms with van der Waals surface area (Å²) in [7, 11) is 2.74. The number of methoxy groups -OCH3 is 2. The summed E-state index contributed by atoms with van der Waals surface area (Å²) in [6, 6.07) is 0. The number of esters is 2. The second-order valence-electron chi connectivity index (χ2n) is 11.5. The zero-order valence-electron chi connectivity index (χ0n) is 24.7. The Morgan fingerprint density at radius 2 is 1.38 bits per heavy atom. The summed E-state index contributed by atoms with van der Waals surface area (Å²) in [5, 5.41) is 19.5. The quantitative estimate of drug-likeness (QED) is 0.282. The summed E-state index contributed by atoms with van der Waals surface area (Å²) in [4.78, 5) is 22.3. The zero-order chi connectivity index (χ0) is 29.2. The molecule has 0 spiro atoms. The van der Waals surface area contributed by atoms with Crippen molar-refractivity contribution in [3.05, 3.63) is 12.2 Å². The van der Waals surface area contributed by atoms with Crippen LogP contribution in [-0.2, 0) is 38.0 Å². The van der Waals surface area contributed by atoms with Crippen LogP contribution in [0.5, 0.6) is 0 Å². The lowest BCUT2D eigenvalue weighted by atomic mass is 9.86. The number of aliphatic hydroxyl groups is 2. The highest BCUT2D eigenvalue weighted by atomic mass is 16.6. The highest BCUT2D eigenvalue weighted by molar-refractivity contribution is 5.81. The number of carbonyl (C=O) groups is 2. The number of fused-ring (bicyclic) bond motifs is 2. The zero-order valence-corrected chi connectivity index (χ0v) is 24.7. The normalized spacial score (nSPS) is 36.9. The van der Waals surface area contributed by atoms with Gasteiger partial charge in [-0.1, -0.05) is 26.7 Å². The molecule has 0 radical (unpaired) electrons. The van der Waals surface area contributed by atoms with Crippen LogP contribution < -0.4 is 0 Å². The minimum atomic E-state index is -0.608. The molecule has 0 amide bonds. The molecule has 4 fully saturated rings. The van der Waals surface area contributed by atoms with Crippen LogP contribution in [0, 0.1) is 0 Å². The van der Waals surface area contributed by atoms with Gasteiger partial charge in [-0.2, -0.15) is 0 Å². The van der Waals surface area contributed by atoms with Crippen LogP contribution in [-0.4, -0.2) is 97.4 Å². The highest BCUT2D eigenvalue weighted by Gasteiger charge is 2.53. The molecule has 4 saturated heterocycles. The van der Waals surface area contributed by atoms with Crippen molar-refractivity contribution in [1.82, 2.24) is 0 Å². The van der Waals surface area contributed by atoms with E-state index >= 15 is 0 Å². The number of rotatable bonds is 11. The summed E-state index contributed by atoms with van der Waals surface area (Å²) in [5.41, 5.74) is -1.16. The Balaban J connectivity index is 0.000000220. The van der Waals surface area contributed by atoms with Gasteiger partial charge in [-0.3, -0.25) is 4.79 Å². The van der Waals surface area contributed by atoms with Crippen LogP contribution in [0.3, 0.4) is 0 Å². The van der Waals surface area contributed by atoms with Gasteiger partial charge in [0.15, 0.2) is 0 Å². The Kier molecular flexibility index (Phi) is 12.9. The van der Waals surface area contributed by atoms with Crippen molar-refractivity contribution in [1.29, 1.82) is 0 Å². The Morgan fingerprint density at radius 1 is 0.800 bits per heavy atom. The molecule has 4 aliphatic heterocycles. The smallest absolute Gasteiger partial charge is 0.330 e. The van der Waals surface area contributed by atoms with Gasteiger partial charge in [0.2, 0.25) is 0 Å². The number of hydrogen-bond acceptors (Lipinski definition) is 10. The van der Waals surface area contributed by atoms with E-state index in [1.807, 2.05) is 0 Å². The predicted octanol–water partition coefficient (Wildman–Crippen LogP) is 3.39. The second-order valence-corrected chi connectivity index (χ2v) is 11.5. The van der Waals surface area contributed by atoms with Gasteiger partial charge in [0.25, 0.3) is 0 Å². The van der Waals surface area contributed by atoms with E-state index in [1.165, 1.54) is 20.3 Å². The van der Waals surface area contributed by atoms with Crippen LogP contribution in [0.1, 0.15) is 90.9 Å². The highest BCUT2D eigenvalue weighted by Crippen LogP contribution is 2.44. The number of ether oxygens (including phenoxy) is 6. The molecule has 4 heterocycles. The van der Waals surface area contributed by atoms with E-state index in [9.17, 15) is 19.8 Å². The van der Waals surface area contributed by atoms with E-state index in [0.29, 0.717) is 25.7 Å². The van der Waals surface area contributed by atoms with Crippen molar-refractivity contribution in [2.75, 3.05) is 27.4 Å². The molecule has 0 aromatic rings. The number of aliphatic hydroxyl groups excluding tert-OH is 2. The van der Waals surface area contributed by atoms with Crippen molar-refractivity contribution in [2.24, 2.45) is 0 Å². The first-order valence-corrected chi connectivity index (χ1v) is 15.0. The van der Waals surface area contributed by atoms with Crippen LogP contribution >= 0.6 is 0 Å². The lowest BCUT2D eigenvalue weighted by Gasteiger charge is -2.40. The lowest BCUT2D eigenvalue weighted by molar-refractivity contribution is -0.183. The minimum absolute atomic E-state index is 0.00734. The van der Waals surface area contributed by atoms with E-state index < -0.39 is 17.2 Å². The fourth-order valence-electron chi connectivity index (χ4n) is 6.52. The van der Waals surface area contributed by atoms with Crippen molar-refractivity contribution in [3.63, 3.8) is 0 Å². The monoisotopic (exact) mass is 570 g/mol. The van der Waals surface area contributed by atoms with Crippen LogP contribution in [0.2, 0.25) is 0 Å². The van der Waals surface area contributed by atoms with Crippen molar-refractivity contribution in [2.45, 2.75) is 139 Å². The first-order chi connectivity index (χ1) is 19.3. The van der Waals surface area contributed by atoms with E-state index in [2.05, 4.69) is 23.3 Å². The molecule has 0 unspecified atom stereocenters. The molecule has 230 valence electrons. The fourth-order valence-corrected chi connectivity index (χ4v) is 6.52. The Labute approximate surface area is 238 Å². The second kappa shape index (κ2) is 15.6. The number of hydrogen-bond donors (Lipinski definition) is 2. The molecular weight excluding hydrogens is 520 g/mol. The van der Waals surface area contributed by atoms with Crippen molar-refractivity contribution >= 4 is 11.9 Å². The molecule has 0 aromatic heterocycles. The van der Waals surface area contributed by atoms with Gasteiger partial charge in [-0.15, -0.1) is 0 Å². The molecule has 40 heavy (non-hydrogen) atoms. The van der Waals surface area contributed by atoms with Gasteiger partial charge in [0.1, 0.15) is 11.2 Å². The minimum Gasteiger partial charge on any atom is -0.469 e. The third-order valence-electron chi connectivity index (χ3n) is 8.60. The average Bonchev–Trinajstić information content (AvgIpc) is 3.53. The lowest BCUT2D eigenvalue weighted by Crippen LogP contribution is -2.51. The van der Waals surface area contributed by atoms with Crippen LogP contribution in [0.25, 0.3) is 0 Å². The maximum atomic E-state index is 11.2. The van der Waals surface area contributed by atoms with Gasteiger partial charge < -0.3 is 38.6 Å². The first kappa shape index (κ1) is 32.9. The molecule has 0 aromatic carbocycles. The van der Waals surface area contributed by atoms with Crippen LogP contribution in [0.4, 0.5) is 0 Å². The molecule has 0 aliphatic carbocycles. The molecule has 2 N–H and O–H groups in total. The van der Waals surface area contributed by atoms with Gasteiger partial charge >= 0.3 is 11.9 Å². The van der Waals surface area contributed by atoms with E-state index in [-0.39, 0.29) is 55.8 Å². The van der Waals surface area contributed by atoms with Gasteiger partial charge in [0.05, 0.1) is 64.1 Å². The third kappa shape index (κ3) is 8.26. The topological polar surface area (TPSA) is 130 Å². The van der Waals surface area contributed by atoms with Crippen molar-refractivity contribution in [3.8, 4) is 0 Å². The average molecular weight is 571 g/mol. The van der Waals surface area contributed by atoms with Crippen LogP contribution in [0.15, 0.2) is 12.2 Å². The maximum Gasteiger partial charge on any atom is 0.330 e. The first-order valence-electron chi connectivity index (χ1n) is 15.0. The Hall–Kier alpha value is -1.56. The molecule has 0 saturated carbocycles. The number of carbonyl (C=O) groups excluding carboxylic acids is 2. The molecule has 8 atom stereocenters. The fraction of sp³-hybridized carbons (Fsp3) is 0.867. The Bertz CT molecular complexity index is 833. The van der Waals surface area contributed by atoms with E-state index in [4.69, 9.17) is 18.9 Å². The van der Waals surface area contributed by atoms with Crippen molar-refractivity contribution < 1.29 is 48.2 Å². The summed E-state index contributed by atoms with van der Waals surface area (Å²) in [6.07, 6.45) is 13.4. The third-order valence-corrected chi connectivity index (χ3v) is 8.60. The molecule has 0 bridgehead atoms. The molecule has 4 rings (SSSR count). The molecule has 4 aliphatic rings. The summed E-state index contributed by atoms with van der Waals surface area (Å²) >= 11 is 0. The SMILES string of the molecule is CCC[C@H]1CC[C@@H]2O[C@@H](/C=C/C(=O)OC)C[C@]2(CO)O1.CCC[C@H]1CC[C@@H]2O[C@@H](CCC(=O)OC)C[C@]2(CO)O1. The predicted molar refractivity (Wildman–Crippen MR) is 147 cm³/mol. The van der Waals surface area contributed by atoms with Gasteiger partial charge in [-0.25, -0.2) is 4.79 Å². The summed E-state index contributed by atoms with van der Waals surface area (Å²) in [6.45, 7) is 4.23. The van der Waals surface area contributed by atoms with E-state index in [0.717, 1.165) is 51.4 Å². The van der Waals surface area contributed by atoms with E-state index in [1.54, 1.807) is 6.08 Å². The summed E-state index contributed by atoms with van der Waals surface area (Å²) in [5.74, 6) is -0.613. The van der Waals surface area contributed by atoms with Gasteiger partial charge in [0, 0.05) is 25.3 Å². The Morgan fingerprint density at radius 3 is 1.90 bits per heavy atom. The largest absolute Gasteiger partial charge is 0.469 e. The molecular formula is C30H50O10.